The molecule has 2 aromatic carbocycles. The van der Waals surface area contributed by atoms with Gasteiger partial charge >= 0.3 is 0 Å². The lowest BCUT2D eigenvalue weighted by molar-refractivity contribution is 0.475. The van der Waals surface area contributed by atoms with E-state index in [0.29, 0.717) is 5.56 Å². The maximum Gasteiger partial charge on any atom is 0.131 e. The van der Waals surface area contributed by atoms with Gasteiger partial charge < -0.3 is 5.11 Å². The fourth-order valence-electron chi connectivity index (χ4n) is 1.32. The molecule has 0 unspecified atom stereocenters. The maximum absolute atomic E-state index is 12.9. The number of hydrogen-bond acceptors (Lipinski definition) is 1. The number of phenolic OH excluding ortho intramolecular Hbond substituents is 1. The van der Waals surface area contributed by atoms with Crippen molar-refractivity contribution in [3.05, 3.63) is 54.1 Å². The van der Waals surface area contributed by atoms with Gasteiger partial charge in [0.25, 0.3) is 0 Å². The van der Waals surface area contributed by atoms with Gasteiger partial charge in [0.05, 0.1) is 0 Å². The van der Waals surface area contributed by atoms with Gasteiger partial charge in [-0.1, -0.05) is 12.1 Å². The van der Waals surface area contributed by atoms with E-state index in [2.05, 4.69) is 6.07 Å². The Labute approximate surface area is 85.6 Å². The molecule has 1 radical (unpaired) electrons. The van der Waals surface area contributed by atoms with Crippen LogP contribution in [0.5, 0.6) is 5.75 Å². The Morgan fingerprint density at radius 2 is 1.87 bits per heavy atom. The Morgan fingerprint density at radius 1 is 1.07 bits per heavy atom. The summed E-state index contributed by atoms with van der Waals surface area (Å²) in [6, 6.07) is 10.2. The van der Waals surface area contributed by atoms with Crippen molar-refractivity contribution in [2.45, 2.75) is 0 Å². The van der Waals surface area contributed by atoms with E-state index >= 15 is 0 Å². The van der Waals surface area contributed by atoms with Crippen LogP contribution in [-0.2, 0) is 0 Å². The van der Waals surface area contributed by atoms with E-state index in [0.717, 1.165) is 12.1 Å². The largest absolute Gasteiger partial charge is 0.507 e. The molecule has 0 aliphatic carbocycles. The van der Waals surface area contributed by atoms with Crippen molar-refractivity contribution in [3.8, 4) is 16.9 Å². The normalized spacial score (nSPS) is 10.3. The van der Waals surface area contributed by atoms with Gasteiger partial charge in [-0.25, -0.2) is 8.78 Å². The molecule has 0 amide bonds. The standard InChI is InChI=1S/C12H7F2O/c13-9-3-1-2-8(6-9)11-7-10(14)4-5-12(11)15/h1-5,7,15H. The minimum atomic E-state index is -0.545. The molecular formula is C12H7F2O. The first-order valence-electron chi connectivity index (χ1n) is 4.33. The number of rotatable bonds is 1. The van der Waals surface area contributed by atoms with Gasteiger partial charge in [-0.3, -0.25) is 0 Å². The SMILES string of the molecule is Oc1ccc(F)cc1-c1[c]c(F)ccc1. The van der Waals surface area contributed by atoms with E-state index in [1.54, 1.807) is 6.07 Å². The molecule has 0 aliphatic heterocycles. The van der Waals surface area contributed by atoms with E-state index in [1.807, 2.05) is 0 Å². The number of hydrogen-bond donors (Lipinski definition) is 1. The highest BCUT2D eigenvalue weighted by molar-refractivity contribution is 5.69. The third-order valence-corrected chi connectivity index (χ3v) is 2.01. The molecule has 3 heteroatoms. The third-order valence-electron chi connectivity index (χ3n) is 2.01. The molecule has 1 N–H and O–H groups in total. The summed E-state index contributed by atoms with van der Waals surface area (Å²) in [5.74, 6) is -1.13. The highest BCUT2D eigenvalue weighted by atomic mass is 19.1. The molecule has 75 valence electrons. The smallest absolute Gasteiger partial charge is 0.131 e. The Morgan fingerprint density at radius 3 is 2.60 bits per heavy atom. The molecule has 0 spiro atoms. The molecule has 0 heterocycles. The van der Waals surface area contributed by atoms with Crippen molar-refractivity contribution in [1.29, 1.82) is 0 Å². The average molecular weight is 205 g/mol. The summed E-state index contributed by atoms with van der Waals surface area (Å²) < 4.78 is 25.8. The molecule has 0 aliphatic rings. The first-order chi connectivity index (χ1) is 7.16. The zero-order chi connectivity index (χ0) is 10.8. The summed E-state index contributed by atoms with van der Waals surface area (Å²) in [6.45, 7) is 0. The zero-order valence-electron chi connectivity index (χ0n) is 7.67. The lowest BCUT2D eigenvalue weighted by Gasteiger charge is -2.04. The summed E-state index contributed by atoms with van der Waals surface area (Å²) in [5, 5.41) is 9.47. The van der Waals surface area contributed by atoms with E-state index in [-0.39, 0.29) is 11.3 Å². The Balaban J connectivity index is 2.58. The molecule has 2 rings (SSSR count). The molecule has 2 aromatic rings. The van der Waals surface area contributed by atoms with Crippen LogP contribution in [0, 0.1) is 17.7 Å². The molecule has 0 aromatic heterocycles. The van der Waals surface area contributed by atoms with Crippen LogP contribution in [0.25, 0.3) is 11.1 Å². The van der Waals surface area contributed by atoms with E-state index in [4.69, 9.17) is 0 Å². The Bertz CT molecular complexity index is 495. The predicted molar refractivity (Wildman–Crippen MR) is 52.3 cm³/mol. The summed E-state index contributed by atoms with van der Waals surface area (Å²) in [5.41, 5.74) is 0.557. The molecule has 0 saturated heterocycles. The summed E-state index contributed by atoms with van der Waals surface area (Å²) >= 11 is 0. The lowest BCUT2D eigenvalue weighted by atomic mass is 10.0. The predicted octanol–water partition coefficient (Wildman–Crippen LogP) is 3.14. The molecule has 1 nitrogen and oxygen atoms in total. The fraction of sp³-hybridized carbons (Fsp3) is 0. The molecular weight excluding hydrogens is 198 g/mol. The fourth-order valence-corrected chi connectivity index (χ4v) is 1.32. The summed E-state index contributed by atoms with van der Waals surface area (Å²) in [4.78, 5) is 0. The number of phenols is 1. The van der Waals surface area contributed by atoms with Gasteiger partial charge in [0, 0.05) is 11.6 Å². The topological polar surface area (TPSA) is 20.2 Å². The van der Waals surface area contributed by atoms with Crippen molar-refractivity contribution >= 4 is 0 Å². The second kappa shape index (κ2) is 3.69. The van der Waals surface area contributed by atoms with E-state index in [9.17, 15) is 13.9 Å². The van der Waals surface area contributed by atoms with Crippen molar-refractivity contribution in [2.24, 2.45) is 0 Å². The highest BCUT2D eigenvalue weighted by Crippen LogP contribution is 2.29. The van der Waals surface area contributed by atoms with Gasteiger partial charge in [0.2, 0.25) is 0 Å². The van der Waals surface area contributed by atoms with Gasteiger partial charge in [0.1, 0.15) is 17.4 Å². The molecule has 0 saturated carbocycles. The number of benzene rings is 2. The molecule has 15 heavy (non-hydrogen) atoms. The van der Waals surface area contributed by atoms with Gasteiger partial charge in [-0.05, 0) is 29.8 Å². The summed E-state index contributed by atoms with van der Waals surface area (Å²) in [7, 11) is 0. The van der Waals surface area contributed by atoms with Crippen molar-refractivity contribution < 1.29 is 13.9 Å². The van der Waals surface area contributed by atoms with Crippen LogP contribution in [0.4, 0.5) is 8.78 Å². The first kappa shape index (κ1) is 9.65. The van der Waals surface area contributed by atoms with Crippen LogP contribution in [0.3, 0.4) is 0 Å². The number of aromatic hydroxyl groups is 1. The molecule has 0 atom stereocenters. The zero-order valence-corrected chi connectivity index (χ0v) is 7.67. The van der Waals surface area contributed by atoms with Gasteiger partial charge in [-0.15, -0.1) is 0 Å². The average Bonchev–Trinajstić information content (AvgIpc) is 2.22. The Kier molecular flexibility index (Phi) is 2.37. The van der Waals surface area contributed by atoms with Crippen LogP contribution in [0.15, 0.2) is 36.4 Å². The quantitative estimate of drug-likeness (QED) is 0.758. The van der Waals surface area contributed by atoms with Gasteiger partial charge in [-0.2, -0.15) is 0 Å². The van der Waals surface area contributed by atoms with E-state index in [1.165, 1.54) is 18.2 Å². The minimum absolute atomic E-state index is 0.0988. The number of halogens is 2. The minimum Gasteiger partial charge on any atom is -0.507 e. The van der Waals surface area contributed by atoms with Crippen molar-refractivity contribution in [3.63, 3.8) is 0 Å². The molecule has 0 bridgehead atoms. The van der Waals surface area contributed by atoms with Crippen LogP contribution in [0.2, 0.25) is 0 Å². The van der Waals surface area contributed by atoms with Crippen LogP contribution < -0.4 is 0 Å². The monoisotopic (exact) mass is 205 g/mol. The molecule has 0 fully saturated rings. The van der Waals surface area contributed by atoms with Crippen molar-refractivity contribution in [1.82, 2.24) is 0 Å². The highest BCUT2D eigenvalue weighted by Gasteiger charge is 2.06. The third kappa shape index (κ3) is 1.96. The maximum atomic E-state index is 12.9. The Hall–Kier alpha value is -1.90. The van der Waals surface area contributed by atoms with Gasteiger partial charge in [0.15, 0.2) is 0 Å². The van der Waals surface area contributed by atoms with E-state index < -0.39 is 11.6 Å². The van der Waals surface area contributed by atoms with Crippen LogP contribution in [0.1, 0.15) is 0 Å². The second-order valence-electron chi connectivity index (χ2n) is 3.07. The van der Waals surface area contributed by atoms with Crippen molar-refractivity contribution in [2.75, 3.05) is 0 Å². The lowest BCUT2D eigenvalue weighted by Crippen LogP contribution is -1.83. The second-order valence-corrected chi connectivity index (χ2v) is 3.07. The first-order valence-corrected chi connectivity index (χ1v) is 4.33. The van der Waals surface area contributed by atoms with Crippen LogP contribution in [-0.4, -0.2) is 5.11 Å². The summed E-state index contributed by atoms with van der Waals surface area (Å²) in [6.07, 6.45) is 0. The van der Waals surface area contributed by atoms with Crippen LogP contribution >= 0.6 is 0 Å².